The Bertz CT molecular complexity index is 659. The van der Waals surface area contributed by atoms with Crippen molar-refractivity contribution >= 4 is 5.97 Å². The summed E-state index contributed by atoms with van der Waals surface area (Å²) in [5, 5.41) is 3.13. The minimum absolute atomic E-state index is 0.00433. The molecule has 45 heavy (non-hydrogen) atoms. The van der Waals surface area contributed by atoms with Crippen molar-refractivity contribution in [1.29, 1.82) is 0 Å². The molecule has 0 aliphatic heterocycles. The highest BCUT2D eigenvalue weighted by Crippen LogP contribution is 2.18. The zero-order chi connectivity index (χ0) is 32.7. The molecule has 3 heteroatoms. The predicted octanol–water partition coefficient (Wildman–Crippen LogP) is 13.3. The second kappa shape index (κ2) is 38.6. The van der Waals surface area contributed by atoms with E-state index in [1.807, 2.05) is 7.05 Å². The van der Waals surface area contributed by atoms with Gasteiger partial charge in [-0.25, -0.2) is 0 Å². The molecule has 0 saturated heterocycles. The van der Waals surface area contributed by atoms with E-state index < -0.39 is 0 Å². The van der Waals surface area contributed by atoms with Gasteiger partial charge in [0.15, 0.2) is 0 Å². The first-order valence-corrected chi connectivity index (χ1v) is 19.7. The molecule has 0 aromatic carbocycles. The SMILES string of the molecule is CCCCC/C=C\C/C=C\CCCCCCCCC(CCCCCCCC/C=C\C/C=C\CCCCC)OC(=O)CCCNC. The van der Waals surface area contributed by atoms with Gasteiger partial charge in [-0.1, -0.05) is 140 Å². The topological polar surface area (TPSA) is 38.3 Å². The lowest BCUT2D eigenvalue weighted by atomic mass is 10.0. The van der Waals surface area contributed by atoms with Gasteiger partial charge in [-0.05, 0) is 110 Å². The van der Waals surface area contributed by atoms with E-state index in [0.29, 0.717) is 6.42 Å². The van der Waals surface area contributed by atoms with Crippen LogP contribution in [0.4, 0.5) is 0 Å². The number of hydrogen-bond donors (Lipinski definition) is 1. The number of nitrogens with one attached hydrogen (secondary N) is 1. The highest BCUT2D eigenvalue weighted by Gasteiger charge is 2.14. The van der Waals surface area contributed by atoms with Crippen LogP contribution in [0, 0.1) is 0 Å². The fraction of sp³-hybridized carbons (Fsp3) is 0.786. The van der Waals surface area contributed by atoms with Crippen LogP contribution in [0.25, 0.3) is 0 Å². The highest BCUT2D eigenvalue weighted by atomic mass is 16.5. The van der Waals surface area contributed by atoms with Gasteiger partial charge < -0.3 is 10.1 Å². The third-order valence-corrected chi connectivity index (χ3v) is 8.56. The zero-order valence-corrected chi connectivity index (χ0v) is 30.5. The van der Waals surface area contributed by atoms with Crippen LogP contribution in [0.1, 0.15) is 194 Å². The Kier molecular flexibility index (Phi) is 37.2. The molecule has 1 N–H and O–H groups in total. The fourth-order valence-electron chi connectivity index (χ4n) is 5.64. The molecule has 0 spiro atoms. The molecule has 0 aliphatic rings. The molecule has 262 valence electrons. The molecule has 0 amide bonds. The van der Waals surface area contributed by atoms with E-state index in [-0.39, 0.29) is 12.1 Å². The molecule has 0 unspecified atom stereocenters. The standard InChI is InChI=1S/C42H77NO2/c1-4-6-8-10-12-14-16-18-20-22-24-26-28-30-32-34-37-41(45-42(44)39-36-40-43-3)38-35-33-31-29-27-25-23-21-19-17-15-13-11-9-7-5-2/h12-15,18-21,41,43H,4-11,16-17,22-40H2,1-3H3/b14-12-,15-13-,20-18-,21-19-. The Hall–Kier alpha value is -1.61. The lowest BCUT2D eigenvalue weighted by Gasteiger charge is -2.18. The number of esters is 1. The molecule has 0 aromatic heterocycles. The lowest BCUT2D eigenvalue weighted by Crippen LogP contribution is -2.19. The van der Waals surface area contributed by atoms with E-state index in [0.717, 1.165) is 38.6 Å². The molecule has 0 bridgehead atoms. The predicted molar refractivity (Wildman–Crippen MR) is 201 cm³/mol. The summed E-state index contributed by atoms with van der Waals surface area (Å²) >= 11 is 0. The van der Waals surface area contributed by atoms with E-state index in [2.05, 4.69) is 67.8 Å². The Labute approximate surface area is 282 Å². The third kappa shape index (κ3) is 36.7. The van der Waals surface area contributed by atoms with Crippen molar-refractivity contribution in [2.24, 2.45) is 0 Å². The van der Waals surface area contributed by atoms with Crippen molar-refractivity contribution in [1.82, 2.24) is 5.32 Å². The average molecular weight is 628 g/mol. The number of ether oxygens (including phenoxy) is 1. The van der Waals surface area contributed by atoms with Crippen molar-refractivity contribution in [3.8, 4) is 0 Å². The monoisotopic (exact) mass is 628 g/mol. The van der Waals surface area contributed by atoms with Gasteiger partial charge in [0, 0.05) is 6.42 Å². The van der Waals surface area contributed by atoms with Gasteiger partial charge in [0.1, 0.15) is 6.10 Å². The van der Waals surface area contributed by atoms with E-state index in [1.54, 1.807) is 0 Å². The molecule has 0 saturated carbocycles. The van der Waals surface area contributed by atoms with Gasteiger partial charge >= 0.3 is 5.97 Å². The smallest absolute Gasteiger partial charge is 0.306 e. The normalized spacial score (nSPS) is 12.3. The maximum Gasteiger partial charge on any atom is 0.306 e. The molecule has 0 fully saturated rings. The van der Waals surface area contributed by atoms with E-state index in [9.17, 15) is 4.79 Å². The van der Waals surface area contributed by atoms with E-state index in [4.69, 9.17) is 4.74 Å². The molecule has 0 aliphatic carbocycles. The number of carbonyl (C=O) groups excluding carboxylic acids is 1. The molecule has 0 aromatic rings. The number of carbonyl (C=O) groups is 1. The minimum Gasteiger partial charge on any atom is -0.462 e. The maximum absolute atomic E-state index is 12.4. The van der Waals surface area contributed by atoms with Crippen LogP contribution in [-0.4, -0.2) is 25.7 Å². The van der Waals surface area contributed by atoms with Crippen LogP contribution in [-0.2, 0) is 9.53 Å². The van der Waals surface area contributed by atoms with Crippen LogP contribution >= 0.6 is 0 Å². The Balaban J connectivity index is 3.95. The van der Waals surface area contributed by atoms with Crippen LogP contribution in [0.2, 0.25) is 0 Å². The largest absolute Gasteiger partial charge is 0.462 e. The summed E-state index contributed by atoms with van der Waals surface area (Å²) in [5.41, 5.74) is 0. The van der Waals surface area contributed by atoms with Crippen molar-refractivity contribution in [2.45, 2.75) is 200 Å². The fourth-order valence-corrected chi connectivity index (χ4v) is 5.64. The summed E-state index contributed by atoms with van der Waals surface area (Å²) in [7, 11) is 1.94. The summed E-state index contributed by atoms with van der Waals surface area (Å²) in [5.74, 6) is -0.00433. The summed E-state index contributed by atoms with van der Waals surface area (Å²) in [6.45, 7) is 5.39. The zero-order valence-electron chi connectivity index (χ0n) is 30.5. The second-order valence-corrected chi connectivity index (χ2v) is 13.1. The van der Waals surface area contributed by atoms with Crippen molar-refractivity contribution in [3.05, 3.63) is 48.6 Å². The molecule has 0 rings (SSSR count). The Morgan fingerprint density at radius 1 is 0.511 bits per heavy atom. The molecule has 0 radical (unpaired) electrons. The summed E-state index contributed by atoms with van der Waals surface area (Å²) < 4.78 is 5.95. The van der Waals surface area contributed by atoms with Gasteiger partial charge in [0.2, 0.25) is 0 Å². The van der Waals surface area contributed by atoms with Gasteiger partial charge in [0.05, 0.1) is 0 Å². The van der Waals surface area contributed by atoms with Crippen molar-refractivity contribution < 1.29 is 9.53 Å². The van der Waals surface area contributed by atoms with Gasteiger partial charge in [-0.15, -0.1) is 0 Å². The first kappa shape index (κ1) is 43.4. The summed E-state index contributed by atoms with van der Waals surface area (Å²) in [6.07, 6.45) is 52.7. The van der Waals surface area contributed by atoms with E-state index >= 15 is 0 Å². The van der Waals surface area contributed by atoms with Gasteiger partial charge in [0.25, 0.3) is 0 Å². The minimum atomic E-state index is -0.00433. The summed E-state index contributed by atoms with van der Waals surface area (Å²) in [4.78, 5) is 12.4. The molecular weight excluding hydrogens is 550 g/mol. The lowest BCUT2D eigenvalue weighted by molar-refractivity contribution is -0.150. The van der Waals surface area contributed by atoms with Crippen LogP contribution in [0.5, 0.6) is 0 Å². The molecule has 3 nitrogen and oxygen atoms in total. The maximum atomic E-state index is 12.4. The average Bonchev–Trinajstić information content (AvgIpc) is 3.04. The van der Waals surface area contributed by atoms with Crippen molar-refractivity contribution in [3.63, 3.8) is 0 Å². The Morgan fingerprint density at radius 2 is 0.889 bits per heavy atom. The second-order valence-electron chi connectivity index (χ2n) is 13.1. The first-order valence-electron chi connectivity index (χ1n) is 19.7. The van der Waals surface area contributed by atoms with Crippen molar-refractivity contribution in [2.75, 3.05) is 13.6 Å². The number of unbranched alkanes of at least 4 members (excludes halogenated alkanes) is 18. The number of rotatable bonds is 35. The number of allylic oxidation sites excluding steroid dienone is 8. The van der Waals surface area contributed by atoms with Crippen LogP contribution in [0.15, 0.2) is 48.6 Å². The molecule has 0 atom stereocenters. The van der Waals surface area contributed by atoms with Gasteiger partial charge in [-0.3, -0.25) is 4.79 Å². The molecular formula is C42H77NO2. The Morgan fingerprint density at radius 3 is 1.29 bits per heavy atom. The summed E-state index contributed by atoms with van der Waals surface area (Å²) in [6, 6.07) is 0. The van der Waals surface area contributed by atoms with Crippen LogP contribution < -0.4 is 5.32 Å². The number of hydrogen-bond acceptors (Lipinski definition) is 3. The van der Waals surface area contributed by atoms with Gasteiger partial charge in [-0.2, -0.15) is 0 Å². The highest BCUT2D eigenvalue weighted by molar-refractivity contribution is 5.69. The molecule has 0 heterocycles. The van der Waals surface area contributed by atoms with Crippen LogP contribution in [0.3, 0.4) is 0 Å². The van der Waals surface area contributed by atoms with E-state index in [1.165, 1.54) is 141 Å². The first-order chi connectivity index (χ1) is 22.2. The quantitative estimate of drug-likeness (QED) is 0.0431. The third-order valence-electron chi connectivity index (χ3n) is 8.56.